The van der Waals surface area contributed by atoms with Crippen LogP contribution in [0.25, 0.3) is 132 Å². The number of para-hydroxylation sites is 1. The van der Waals surface area contributed by atoms with Gasteiger partial charge in [0.05, 0.1) is 5.41 Å². The van der Waals surface area contributed by atoms with Crippen LogP contribution in [-0.4, -0.2) is 15.0 Å². The summed E-state index contributed by atoms with van der Waals surface area (Å²) < 4.78 is 15.4. The molecular weight excluding hydrogens is 947 g/mol. The Kier molecular flexibility index (Phi) is 9.35. The molecule has 76 heavy (non-hydrogen) atoms. The van der Waals surface area contributed by atoms with Crippen LogP contribution in [0.3, 0.4) is 0 Å². The fraction of sp³-hybridized carbons (Fsp3) is 0.0143. The van der Waals surface area contributed by atoms with Crippen LogP contribution in [0.1, 0.15) is 22.3 Å². The fourth-order valence-corrected chi connectivity index (χ4v) is 13.5. The van der Waals surface area contributed by atoms with Gasteiger partial charge in [-0.2, -0.15) is 0 Å². The van der Waals surface area contributed by atoms with E-state index in [1.54, 1.807) is 11.3 Å². The second-order valence-corrected chi connectivity index (χ2v) is 20.8. The first-order valence-electron chi connectivity index (χ1n) is 25.6. The van der Waals surface area contributed by atoms with Gasteiger partial charge in [-0.1, -0.05) is 188 Å². The molecule has 6 heteroatoms. The van der Waals surface area contributed by atoms with Crippen molar-refractivity contribution in [3.63, 3.8) is 0 Å². The summed E-state index contributed by atoms with van der Waals surface area (Å²) >= 11 is 1.78. The molecule has 15 aromatic rings. The quantitative estimate of drug-likeness (QED) is 0.159. The van der Waals surface area contributed by atoms with Gasteiger partial charge < -0.3 is 8.83 Å². The van der Waals surface area contributed by atoms with E-state index in [0.717, 1.165) is 82.6 Å². The summed E-state index contributed by atoms with van der Waals surface area (Å²) in [5, 5.41) is 6.31. The van der Waals surface area contributed by atoms with Gasteiger partial charge in [-0.3, -0.25) is 0 Å². The lowest BCUT2D eigenvalue weighted by molar-refractivity contribution is 0.668. The van der Waals surface area contributed by atoms with Crippen LogP contribution in [0.5, 0.6) is 0 Å². The summed E-state index contributed by atoms with van der Waals surface area (Å²) in [6.07, 6.45) is 0. The number of furan rings is 2. The number of hydrogen-bond acceptors (Lipinski definition) is 6. The van der Waals surface area contributed by atoms with Crippen molar-refractivity contribution < 1.29 is 8.83 Å². The summed E-state index contributed by atoms with van der Waals surface area (Å²) in [6, 6.07) is 88.9. The smallest absolute Gasteiger partial charge is 0.164 e. The van der Waals surface area contributed by atoms with Crippen LogP contribution in [-0.2, 0) is 5.41 Å². The Hall–Kier alpha value is -9.75. The van der Waals surface area contributed by atoms with Crippen LogP contribution in [0.4, 0.5) is 0 Å². The minimum absolute atomic E-state index is 0.485. The van der Waals surface area contributed by atoms with Crippen molar-refractivity contribution in [1.29, 1.82) is 0 Å². The highest BCUT2D eigenvalue weighted by Crippen LogP contribution is 2.58. The average Bonchev–Trinajstić information content (AvgIpc) is 4.40. The van der Waals surface area contributed by atoms with E-state index in [-0.39, 0.29) is 0 Å². The van der Waals surface area contributed by atoms with Crippen LogP contribution >= 0.6 is 11.3 Å². The molecule has 1 aliphatic carbocycles. The van der Waals surface area contributed by atoms with Crippen molar-refractivity contribution in [2.24, 2.45) is 0 Å². The molecule has 0 spiro atoms. The van der Waals surface area contributed by atoms with Gasteiger partial charge in [-0.25, -0.2) is 15.0 Å². The maximum absolute atomic E-state index is 6.70. The van der Waals surface area contributed by atoms with E-state index in [0.29, 0.717) is 17.5 Å². The van der Waals surface area contributed by atoms with Gasteiger partial charge in [0.15, 0.2) is 17.5 Å². The number of thiophene rings is 1. The summed E-state index contributed by atoms with van der Waals surface area (Å²) in [4.78, 5) is 16.1. The fourth-order valence-electron chi connectivity index (χ4n) is 12.4. The second-order valence-electron chi connectivity index (χ2n) is 19.7. The van der Waals surface area contributed by atoms with Gasteiger partial charge in [0, 0.05) is 58.4 Å². The van der Waals surface area contributed by atoms with Crippen molar-refractivity contribution in [3.8, 4) is 67.5 Å². The van der Waals surface area contributed by atoms with Crippen molar-refractivity contribution >= 4 is 75.4 Å². The molecule has 0 bridgehead atoms. The van der Waals surface area contributed by atoms with Gasteiger partial charge in [0.1, 0.15) is 22.3 Å². The maximum Gasteiger partial charge on any atom is 0.164 e. The minimum atomic E-state index is -0.485. The zero-order valence-electron chi connectivity index (χ0n) is 40.7. The monoisotopic (exact) mass is 987 g/mol. The van der Waals surface area contributed by atoms with Gasteiger partial charge >= 0.3 is 0 Å². The lowest BCUT2D eigenvalue weighted by Crippen LogP contribution is -2.28. The average molecular weight is 988 g/mol. The Morgan fingerprint density at radius 1 is 0.303 bits per heavy atom. The molecule has 0 saturated carbocycles. The van der Waals surface area contributed by atoms with E-state index < -0.39 is 5.41 Å². The zero-order valence-corrected chi connectivity index (χ0v) is 41.6. The maximum atomic E-state index is 6.70. The zero-order chi connectivity index (χ0) is 49.9. The van der Waals surface area contributed by atoms with Crippen molar-refractivity contribution in [2.45, 2.75) is 5.41 Å². The van der Waals surface area contributed by atoms with Gasteiger partial charge in [-0.05, 0) is 116 Å². The molecule has 0 amide bonds. The Balaban J connectivity index is 0.867. The van der Waals surface area contributed by atoms with Crippen molar-refractivity contribution in [2.75, 3.05) is 0 Å². The van der Waals surface area contributed by atoms with Gasteiger partial charge in [-0.15, -0.1) is 11.3 Å². The summed E-state index contributed by atoms with van der Waals surface area (Å²) in [5.74, 6) is 1.74. The molecule has 0 fully saturated rings. The molecule has 0 aliphatic heterocycles. The van der Waals surface area contributed by atoms with Crippen molar-refractivity contribution in [3.05, 3.63) is 271 Å². The van der Waals surface area contributed by atoms with Crippen LogP contribution in [0.15, 0.2) is 258 Å². The van der Waals surface area contributed by atoms with Crippen LogP contribution in [0, 0.1) is 0 Å². The molecule has 0 saturated heterocycles. The molecule has 4 heterocycles. The highest BCUT2D eigenvalue weighted by Gasteiger charge is 2.46. The third kappa shape index (κ3) is 6.35. The molecule has 0 unspecified atom stereocenters. The Morgan fingerprint density at radius 2 is 0.829 bits per heavy atom. The molecule has 4 aromatic heterocycles. The Bertz CT molecular complexity index is 4800. The molecule has 11 aromatic carbocycles. The second kappa shape index (κ2) is 16.6. The molecule has 0 radical (unpaired) electrons. The number of hydrogen-bond donors (Lipinski definition) is 0. The van der Waals surface area contributed by atoms with E-state index in [1.807, 2.05) is 42.5 Å². The lowest BCUT2D eigenvalue weighted by atomic mass is 9.67. The SMILES string of the molecule is c1ccc(C2(c3ccccc3)c3ccccc3-c3c(-c4cccc(-c5ccc6oc7cccc(-c8nc(-c9ccc%10oc%11ccccc%11c%10c9)nc(-c9cccc%10sc%11ccccc%11c9%10)n8)c7c6c5)c4)cccc32)cc1. The highest BCUT2D eigenvalue weighted by molar-refractivity contribution is 7.25. The van der Waals surface area contributed by atoms with E-state index in [4.69, 9.17) is 23.8 Å². The van der Waals surface area contributed by atoms with E-state index >= 15 is 0 Å². The highest BCUT2D eigenvalue weighted by atomic mass is 32.1. The van der Waals surface area contributed by atoms with E-state index in [2.05, 4.69) is 206 Å². The largest absolute Gasteiger partial charge is 0.456 e. The van der Waals surface area contributed by atoms with E-state index in [9.17, 15) is 0 Å². The molecule has 0 atom stereocenters. The lowest BCUT2D eigenvalue weighted by Gasteiger charge is -2.34. The van der Waals surface area contributed by atoms with Crippen LogP contribution in [0.2, 0.25) is 0 Å². The van der Waals surface area contributed by atoms with E-state index in [1.165, 1.54) is 53.7 Å². The number of rotatable bonds is 7. The predicted molar refractivity (Wildman–Crippen MR) is 312 cm³/mol. The molecular formula is C70H41N3O2S. The van der Waals surface area contributed by atoms with Gasteiger partial charge in [0.2, 0.25) is 0 Å². The molecule has 1 aliphatic rings. The molecule has 354 valence electrons. The standard InChI is InChI=1S/C70H41N3O2S/c1-3-19-46(20-4-1)70(47-21-5-2-6-22-47)56-29-10-7-24-50(56)64-48(26-14-30-57(64)70)44-18-13-17-42(39-44)43-35-37-60-55(40-43)65-52(27-15-32-61(65)75-60)68-71-67(45-36-38-59-54(41-45)49-23-8-11-31-58(49)74-59)72-69(73-68)53-28-16-34-63-66(53)51-25-9-12-33-62(51)76-63/h1-41H. The third-order valence-corrected chi connectivity index (χ3v) is 16.8. The number of nitrogens with zero attached hydrogens (tertiary/aromatic N) is 3. The Morgan fingerprint density at radius 3 is 1.66 bits per heavy atom. The number of benzene rings is 11. The number of fused-ring (bicyclic) bond motifs is 12. The Labute approximate surface area is 440 Å². The normalized spacial score (nSPS) is 12.8. The molecule has 5 nitrogen and oxygen atoms in total. The van der Waals surface area contributed by atoms with Gasteiger partial charge in [0.25, 0.3) is 0 Å². The first kappa shape index (κ1) is 42.7. The topological polar surface area (TPSA) is 65.0 Å². The number of aromatic nitrogens is 3. The molecule has 16 rings (SSSR count). The third-order valence-electron chi connectivity index (χ3n) is 15.6. The minimum Gasteiger partial charge on any atom is -0.456 e. The first-order valence-corrected chi connectivity index (χ1v) is 26.5. The van der Waals surface area contributed by atoms with Crippen LogP contribution < -0.4 is 0 Å². The summed E-state index contributed by atoms with van der Waals surface area (Å²) in [5.41, 5.74) is 17.6. The van der Waals surface area contributed by atoms with Crippen molar-refractivity contribution in [1.82, 2.24) is 15.0 Å². The predicted octanol–water partition coefficient (Wildman–Crippen LogP) is 18.7. The summed E-state index contributed by atoms with van der Waals surface area (Å²) in [7, 11) is 0. The summed E-state index contributed by atoms with van der Waals surface area (Å²) in [6.45, 7) is 0. The molecule has 0 N–H and O–H groups in total. The first-order chi connectivity index (χ1) is 37.7.